The molecule has 3 heterocycles. The molecule has 0 bridgehead atoms. The SMILES string of the molecule is CC1CCN(C(=O)CN2CCN(C(C)c3nc(-c4ccccc4)no3)CC2)CC1. The molecule has 2 aromatic rings. The zero-order chi connectivity index (χ0) is 20.2. The van der Waals surface area contributed by atoms with Crippen LogP contribution in [0.5, 0.6) is 0 Å². The molecule has 1 atom stereocenters. The van der Waals surface area contributed by atoms with Crippen LogP contribution in [0.25, 0.3) is 11.4 Å². The lowest BCUT2D eigenvalue weighted by Gasteiger charge is -2.38. The molecule has 7 heteroatoms. The predicted molar refractivity (Wildman–Crippen MR) is 111 cm³/mol. The number of aromatic nitrogens is 2. The van der Waals surface area contributed by atoms with Crippen molar-refractivity contribution in [1.82, 2.24) is 24.8 Å². The Hall–Kier alpha value is -2.25. The smallest absolute Gasteiger partial charge is 0.244 e. The summed E-state index contributed by atoms with van der Waals surface area (Å²) in [6.45, 7) is 10.3. The molecule has 2 saturated heterocycles. The van der Waals surface area contributed by atoms with Crippen molar-refractivity contribution in [1.29, 1.82) is 0 Å². The van der Waals surface area contributed by atoms with Crippen LogP contribution in [-0.2, 0) is 4.79 Å². The summed E-state index contributed by atoms with van der Waals surface area (Å²) in [5, 5.41) is 4.14. The molecule has 0 spiro atoms. The van der Waals surface area contributed by atoms with Crippen molar-refractivity contribution in [3.05, 3.63) is 36.2 Å². The topological polar surface area (TPSA) is 65.7 Å². The summed E-state index contributed by atoms with van der Waals surface area (Å²) in [5.41, 5.74) is 0.963. The summed E-state index contributed by atoms with van der Waals surface area (Å²) >= 11 is 0. The maximum Gasteiger partial charge on any atom is 0.244 e. The maximum atomic E-state index is 12.6. The third-order valence-corrected chi connectivity index (χ3v) is 6.28. The molecular weight excluding hydrogens is 366 g/mol. The lowest BCUT2D eigenvalue weighted by Crippen LogP contribution is -2.51. The molecule has 7 nitrogen and oxygen atoms in total. The number of amides is 1. The molecule has 4 rings (SSSR count). The van der Waals surface area contributed by atoms with Gasteiger partial charge >= 0.3 is 0 Å². The number of benzene rings is 1. The molecule has 1 unspecified atom stereocenters. The van der Waals surface area contributed by atoms with Crippen LogP contribution < -0.4 is 0 Å². The van der Waals surface area contributed by atoms with E-state index in [0.29, 0.717) is 18.3 Å². The fourth-order valence-corrected chi connectivity index (χ4v) is 4.12. The summed E-state index contributed by atoms with van der Waals surface area (Å²) in [6, 6.07) is 9.96. The lowest BCUT2D eigenvalue weighted by atomic mass is 9.99. The molecule has 156 valence electrons. The zero-order valence-electron chi connectivity index (χ0n) is 17.5. The number of carbonyl (C=O) groups excluding carboxylic acids is 1. The van der Waals surface area contributed by atoms with E-state index in [-0.39, 0.29) is 11.9 Å². The third-order valence-electron chi connectivity index (χ3n) is 6.28. The van der Waals surface area contributed by atoms with Gasteiger partial charge in [0.15, 0.2) is 0 Å². The van der Waals surface area contributed by atoms with Gasteiger partial charge in [-0.2, -0.15) is 4.98 Å². The minimum atomic E-state index is 0.0707. The maximum absolute atomic E-state index is 12.6. The Bertz CT molecular complexity index is 793. The van der Waals surface area contributed by atoms with Crippen molar-refractivity contribution >= 4 is 5.91 Å². The Morgan fingerprint density at radius 2 is 1.79 bits per heavy atom. The van der Waals surface area contributed by atoms with E-state index in [0.717, 1.165) is 63.6 Å². The van der Waals surface area contributed by atoms with Gasteiger partial charge in [0.2, 0.25) is 17.6 Å². The van der Waals surface area contributed by atoms with Gasteiger partial charge in [-0.3, -0.25) is 14.6 Å². The highest BCUT2D eigenvalue weighted by atomic mass is 16.5. The van der Waals surface area contributed by atoms with Gasteiger partial charge in [-0.25, -0.2) is 0 Å². The average Bonchev–Trinajstić information content (AvgIpc) is 3.25. The van der Waals surface area contributed by atoms with E-state index in [1.54, 1.807) is 0 Å². The Morgan fingerprint density at radius 1 is 1.10 bits per heavy atom. The molecule has 2 fully saturated rings. The Balaban J connectivity index is 1.27. The minimum absolute atomic E-state index is 0.0707. The summed E-state index contributed by atoms with van der Waals surface area (Å²) in [6.07, 6.45) is 2.26. The van der Waals surface area contributed by atoms with Crippen LogP contribution in [0.2, 0.25) is 0 Å². The normalized spacial score (nSPS) is 20.7. The quantitative estimate of drug-likeness (QED) is 0.773. The van der Waals surface area contributed by atoms with E-state index in [1.165, 1.54) is 0 Å². The van der Waals surface area contributed by atoms with Crippen LogP contribution in [0, 0.1) is 5.92 Å². The molecule has 1 amide bonds. The van der Waals surface area contributed by atoms with Gasteiger partial charge < -0.3 is 9.42 Å². The fraction of sp³-hybridized carbons (Fsp3) is 0.591. The average molecular weight is 398 g/mol. The van der Waals surface area contributed by atoms with Gasteiger partial charge in [0.1, 0.15) is 0 Å². The molecule has 0 saturated carbocycles. The van der Waals surface area contributed by atoms with E-state index in [2.05, 4.69) is 33.8 Å². The molecule has 2 aliphatic heterocycles. The monoisotopic (exact) mass is 397 g/mol. The third kappa shape index (κ3) is 4.85. The van der Waals surface area contributed by atoms with Gasteiger partial charge in [0, 0.05) is 44.8 Å². The minimum Gasteiger partial charge on any atom is -0.342 e. The van der Waals surface area contributed by atoms with Crippen LogP contribution >= 0.6 is 0 Å². The van der Waals surface area contributed by atoms with Gasteiger partial charge in [-0.1, -0.05) is 42.4 Å². The van der Waals surface area contributed by atoms with Crippen molar-refractivity contribution < 1.29 is 9.32 Å². The first-order chi connectivity index (χ1) is 14.1. The molecule has 1 aromatic heterocycles. The molecule has 0 radical (unpaired) electrons. The molecule has 0 N–H and O–H groups in total. The standard InChI is InChI=1S/C22H31N5O2/c1-17-8-10-27(11-9-17)20(28)16-25-12-14-26(15-13-25)18(2)22-23-21(24-29-22)19-6-4-3-5-7-19/h3-7,17-18H,8-16H2,1-2H3. The first kappa shape index (κ1) is 20.0. The number of piperazine rings is 1. The molecular formula is C22H31N5O2. The number of piperidine rings is 1. The van der Waals surface area contributed by atoms with E-state index in [9.17, 15) is 4.79 Å². The number of carbonyl (C=O) groups is 1. The Labute approximate surface area is 172 Å². The highest BCUT2D eigenvalue weighted by Crippen LogP contribution is 2.23. The van der Waals surface area contributed by atoms with Crippen LogP contribution in [-0.4, -0.2) is 76.6 Å². The molecule has 29 heavy (non-hydrogen) atoms. The van der Waals surface area contributed by atoms with Crippen molar-refractivity contribution in [2.45, 2.75) is 32.7 Å². The first-order valence-corrected chi connectivity index (χ1v) is 10.7. The van der Waals surface area contributed by atoms with Crippen molar-refractivity contribution in [2.75, 3.05) is 45.8 Å². The van der Waals surface area contributed by atoms with Crippen LogP contribution in [0.3, 0.4) is 0 Å². The number of rotatable bonds is 5. The number of likely N-dealkylation sites (tertiary alicyclic amines) is 1. The Morgan fingerprint density at radius 3 is 2.48 bits per heavy atom. The van der Waals surface area contributed by atoms with E-state index < -0.39 is 0 Å². The summed E-state index contributed by atoms with van der Waals surface area (Å²) < 4.78 is 5.54. The van der Waals surface area contributed by atoms with Crippen LogP contribution in [0.4, 0.5) is 0 Å². The largest absolute Gasteiger partial charge is 0.342 e. The van der Waals surface area contributed by atoms with Gasteiger partial charge in [-0.15, -0.1) is 0 Å². The summed E-state index contributed by atoms with van der Waals surface area (Å²) in [4.78, 5) is 23.8. The summed E-state index contributed by atoms with van der Waals surface area (Å²) in [7, 11) is 0. The van der Waals surface area contributed by atoms with Gasteiger partial charge in [0.25, 0.3) is 0 Å². The highest BCUT2D eigenvalue weighted by Gasteiger charge is 2.28. The van der Waals surface area contributed by atoms with Crippen molar-refractivity contribution in [2.24, 2.45) is 5.92 Å². The van der Waals surface area contributed by atoms with Crippen LogP contribution in [0.1, 0.15) is 38.6 Å². The van der Waals surface area contributed by atoms with Gasteiger partial charge in [0.05, 0.1) is 12.6 Å². The Kier molecular flexibility index (Phi) is 6.25. The van der Waals surface area contributed by atoms with E-state index in [4.69, 9.17) is 4.52 Å². The predicted octanol–water partition coefficient (Wildman–Crippen LogP) is 2.67. The van der Waals surface area contributed by atoms with E-state index in [1.807, 2.05) is 35.2 Å². The second-order valence-electron chi connectivity index (χ2n) is 8.37. The summed E-state index contributed by atoms with van der Waals surface area (Å²) in [5.74, 6) is 2.31. The fourth-order valence-electron chi connectivity index (χ4n) is 4.12. The number of nitrogens with zero attached hydrogens (tertiary/aromatic N) is 5. The number of hydrogen-bond donors (Lipinski definition) is 0. The van der Waals surface area contributed by atoms with Crippen molar-refractivity contribution in [3.8, 4) is 11.4 Å². The molecule has 0 aliphatic carbocycles. The van der Waals surface area contributed by atoms with Crippen molar-refractivity contribution in [3.63, 3.8) is 0 Å². The molecule has 2 aliphatic rings. The first-order valence-electron chi connectivity index (χ1n) is 10.7. The van der Waals surface area contributed by atoms with Crippen LogP contribution in [0.15, 0.2) is 34.9 Å². The second kappa shape index (κ2) is 9.05. The van der Waals surface area contributed by atoms with E-state index >= 15 is 0 Å². The zero-order valence-corrected chi connectivity index (χ0v) is 17.5. The lowest BCUT2D eigenvalue weighted by molar-refractivity contribution is -0.134. The highest BCUT2D eigenvalue weighted by molar-refractivity contribution is 5.78. The second-order valence-corrected chi connectivity index (χ2v) is 8.37. The molecule has 1 aromatic carbocycles. The van der Waals surface area contributed by atoms with Gasteiger partial charge in [-0.05, 0) is 25.7 Å². The number of hydrogen-bond acceptors (Lipinski definition) is 6.